The van der Waals surface area contributed by atoms with Crippen LogP contribution in [0.1, 0.15) is 121 Å². The number of halogens is 12. The Morgan fingerprint density at radius 1 is 0.403 bits per heavy atom. The zero-order chi connectivity index (χ0) is 56.1. The molecule has 72 heavy (non-hydrogen) atoms. The second-order valence-electron chi connectivity index (χ2n) is 19.5. The number of alkyl halides is 9. The third-order valence-corrected chi connectivity index (χ3v) is 14.0. The van der Waals surface area contributed by atoms with Gasteiger partial charge in [-0.1, -0.05) is 150 Å². The molecule has 5 heterocycles. The molecule has 0 atom stereocenters. The Labute approximate surface area is 452 Å². The number of nitrogens with two attached hydrogens (primary N) is 2. The number of pyridine rings is 3. The standard InChI is InChI=1S/C10H13F3N2S.C9H11Cl2NS.C9H13ClN2S.2C9H11F3N2S/c1-9(2,3)16-6-4-5-15-8(14)7(6)10(11,12)13;2*1-9(2,3)13-6-4-5-12-8(11)7(6)10;1-8(2,3)15-6-4-13-5-14-7(6)9(10,11)12;1-8(2,3)15-7-6(9(10,11)12)13-4-5-14-7/h4-5H,1-3H3,(H2,14,15);4-5H,1-3H3;4-5H,1-3H3,(H2,11,12);2*4-5H,1-3H3. The van der Waals surface area contributed by atoms with E-state index in [0.717, 1.165) is 57.6 Å². The minimum Gasteiger partial charge on any atom is -0.383 e. The van der Waals surface area contributed by atoms with Gasteiger partial charge < -0.3 is 11.5 Å². The number of aromatic nitrogens is 7. The van der Waals surface area contributed by atoms with E-state index in [9.17, 15) is 39.5 Å². The Balaban J connectivity index is 0.000000451. The summed E-state index contributed by atoms with van der Waals surface area (Å²) in [6.07, 6.45) is -4.26. The minimum atomic E-state index is -4.47. The molecule has 0 amide bonds. The van der Waals surface area contributed by atoms with Crippen LogP contribution in [0.4, 0.5) is 51.1 Å². The SMILES string of the molecule is CC(C)(C)Sc1ccnc(Cl)c1Cl.CC(C)(C)Sc1ccnc(N)c1C(F)(F)F.CC(C)(C)Sc1ccnc(N)c1Cl.CC(C)(C)Sc1cncnc1C(F)(F)F.CC(C)(C)Sc1nccnc1C(F)(F)F. The van der Waals surface area contributed by atoms with Gasteiger partial charge in [0.05, 0.1) is 14.9 Å². The predicted molar refractivity (Wildman–Crippen MR) is 284 cm³/mol. The summed E-state index contributed by atoms with van der Waals surface area (Å²) in [5, 5.41) is 1.40. The average molecular weight is 1180 g/mol. The minimum absolute atomic E-state index is 0.0671. The van der Waals surface area contributed by atoms with Gasteiger partial charge in [0.15, 0.2) is 11.4 Å². The van der Waals surface area contributed by atoms with Crippen LogP contribution in [0.15, 0.2) is 86.3 Å². The Morgan fingerprint density at radius 2 is 0.792 bits per heavy atom. The van der Waals surface area contributed by atoms with Crippen LogP contribution in [0.2, 0.25) is 15.2 Å². The largest absolute Gasteiger partial charge is 0.436 e. The van der Waals surface area contributed by atoms with Gasteiger partial charge in [0.25, 0.3) is 0 Å². The number of anilines is 2. The molecule has 0 aliphatic carbocycles. The van der Waals surface area contributed by atoms with Crippen molar-refractivity contribution in [3.63, 3.8) is 0 Å². The Morgan fingerprint density at radius 3 is 1.24 bits per heavy atom. The van der Waals surface area contributed by atoms with E-state index in [1.165, 1.54) is 24.7 Å². The molecule has 26 heteroatoms. The maximum atomic E-state index is 12.8. The van der Waals surface area contributed by atoms with E-state index in [-0.39, 0.29) is 38.6 Å². The van der Waals surface area contributed by atoms with Crippen molar-refractivity contribution < 1.29 is 39.5 Å². The zero-order valence-electron chi connectivity index (χ0n) is 42.1. The molecule has 0 spiro atoms. The van der Waals surface area contributed by atoms with E-state index in [4.69, 9.17) is 46.3 Å². The molecule has 0 saturated carbocycles. The van der Waals surface area contributed by atoms with Crippen molar-refractivity contribution in [2.45, 2.75) is 171 Å². The lowest BCUT2D eigenvalue weighted by atomic mass is 10.2. The molecule has 0 saturated heterocycles. The molecule has 5 aromatic heterocycles. The number of hydrogen-bond acceptors (Lipinski definition) is 14. The third-order valence-electron chi connectivity index (χ3n) is 6.87. The van der Waals surface area contributed by atoms with Crippen molar-refractivity contribution in [1.29, 1.82) is 0 Å². The van der Waals surface area contributed by atoms with Crippen molar-refractivity contribution in [3.8, 4) is 0 Å². The van der Waals surface area contributed by atoms with E-state index < -0.39 is 41.3 Å². The smallest absolute Gasteiger partial charge is 0.383 e. The Kier molecular flexibility index (Phi) is 25.5. The highest BCUT2D eigenvalue weighted by Gasteiger charge is 2.39. The summed E-state index contributed by atoms with van der Waals surface area (Å²) in [5.41, 5.74) is 8.25. The van der Waals surface area contributed by atoms with Gasteiger partial charge in [0.1, 0.15) is 33.7 Å². The van der Waals surface area contributed by atoms with Gasteiger partial charge in [-0.3, -0.25) is 0 Å². The fraction of sp³-hybridized carbons (Fsp3) is 0.500. The average Bonchev–Trinajstić information content (AvgIpc) is 3.16. The van der Waals surface area contributed by atoms with Gasteiger partial charge in [-0.15, -0.1) is 47.0 Å². The van der Waals surface area contributed by atoms with E-state index in [0.29, 0.717) is 21.0 Å². The Hall–Kier alpha value is -2.80. The molecule has 5 aromatic rings. The number of nitrogens with zero attached hydrogens (tertiary/aromatic N) is 7. The normalized spacial score (nSPS) is 12.5. The van der Waals surface area contributed by atoms with Crippen LogP contribution >= 0.6 is 93.6 Å². The molecule has 0 fully saturated rings. The van der Waals surface area contributed by atoms with Crippen molar-refractivity contribution in [2.75, 3.05) is 11.5 Å². The first-order chi connectivity index (χ1) is 32.3. The van der Waals surface area contributed by atoms with Gasteiger partial charge in [-0.2, -0.15) is 39.5 Å². The van der Waals surface area contributed by atoms with Gasteiger partial charge >= 0.3 is 18.5 Å². The van der Waals surface area contributed by atoms with Crippen molar-refractivity contribution in [1.82, 2.24) is 34.9 Å². The second-order valence-corrected chi connectivity index (χ2v) is 29.9. The van der Waals surface area contributed by atoms with Gasteiger partial charge in [-0.25, -0.2) is 34.9 Å². The zero-order valence-corrected chi connectivity index (χ0v) is 48.5. The summed E-state index contributed by atoms with van der Waals surface area (Å²) in [4.78, 5) is 27.4. The monoisotopic (exact) mass is 1170 g/mol. The lowest BCUT2D eigenvalue weighted by Gasteiger charge is -2.21. The van der Waals surface area contributed by atoms with Crippen molar-refractivity contribution >= 4 is 105 Å². The van der Waals surface area contributed by atoms with Gasteiger partial charge in [0, 0.05) is 75.6 Å². The quantitative estimate of drug-likeness (QED) is 0.0979. The first-order valence-corrected chi connectivity index (χ1v) is 26.2. The number of nitrogen functional groups attached to an aromatic ring is 2. The molecule has 402 valence electrons. The first-order valence-electron chi connectivity index (χ1n) is 21.0. The molecule has 9 nitrogen and oxygen atoms in total. The lowest BCUT2D eigenvalue weighted by Crippen LogP contribution is -2.15. The fourth-order valence-electron chi connectivity index (χ4n) is 4.64. The number of hydrogen-bond donors (Lipinski definition) is 2. The third kappa shape index (κ3) is 27.1. The van der Waals surface area contributed by atoms with Crippen LogP contribution in [0.25, 0.3) is 0 Å². The highest BCUT2D eigenvalue weighted by Crippen LogP contribution is 2.44. The molecule has 0 aromatic carbocycles. The molecule has 4 N–H and O–H groups in total. The van der Waals surface area contributed by atoms with Gasteiger partial charge in [0.2, 0.25) is 0 Å². The summed E-state index contributed by atoms with van der Waals surface area (Å²) in [5.74, 6) is -0.0716. The van der Waals surface area contributed by atoms with Crippen LogP contribution in [0.5, 0.6) is 0 Å². The number of rotatable bonds is 5. The number of thioether (sulfide) groups is 5. The van der Waals surface area contributed by atoms with Crippen LogP contribution in [-0.4, -0.2) is 58.6 Å². The van der Waals surface area contributed by atoms with E-state index in [1.807, 2.05) is 74.4 Å². The molecule has 0 aliphatic rings. The summed E-state index contributed by atoms with van der Waals surface area (Å²) in [6.45, 7) is 29.3. The van der Waals surface area contributed by atoms with Crippen molar-refractivity contribution in [2.24, 2.45) is 0 Å². The Bertz CT molecular complexity index is 2350. The predicted octanol–water partition coefficient (Wildman–Crippen LogP) is 17.8. The van der Waals surface area contributed by atoms with E-state index in [2.05, 4.69) is 76.4 Å². The van der Waals surface area contributed by atoms with Crippen LogP contribution in [-0.2, 0) is 18.5 Å². The van der Waals surface area contributed by atoms with Crippen molar-refractivity contribution in [3.05, 3.63) is 93.9 Å². The molecule has 0 bridgehead atoms. The lowest BCUT2D eigenvalue weighted by molar-refractivity contribution is -0.144. The summed E-state index contributed by atoms with van der Waals surface area (Å²) in [7, 11) is 0. The van der Waals surface area contributed by atoms with Gasteiger partial charge in [-0.05, 0) is 18.2 Å². The molecule has 0 aliphatic heterocycles. The second kappa shape index (κ2) is 27.3. The molecule has 0 unspecified atom stereocenters. The molecular formula is C46H59Cl3F9N9S5. The topological polar surface area (TPSA) is 142 Å². The van der Waals surface area contributed by atoms with Crippen LogP contribution in [0.3, 0.4) is 0 Å². The summed E-state index contributed by atoms with van der Waals surface area (Å²) >= 11 is 24.4. The molecule has 5 rings (SSSR count). The summed E-state index contributed by atoms with van der Waals surface area (Å²) < 4.78 is 113. The highest BCUT2D eigenvalue weighted by atomic mass is 35.5. The van der Waals surface area contributed by atoms with Crippen LogP contribution < -0.4 is 11.5 Å². The maximum absolute atomic E-state index is 12.8. The fourth-order valence-corrected chi connectivity index (χ4v) is 10.4. The highest BCUT2D eigenvalue weighted by molar-refractivity contribution is 8.01. The summed E-state index contributed by atoms with van der Waals surface area (Å²) in [6, 6.07) is 5.11. The molecule has 0 radical (unpaired) electrons. The molecular weight excluding hydrogens is 1120 g/mol. The van der Waals surface area contributed by atoms with Crippen LogP contribution in [0, 0.1) is 0 Å². The van der Waals surface area contributed by atoms with E-state index in [1.54, 1.807) is 35.9 Å². The van der Waals surface area contributed by atoms with E-state index >= 15 is 0 Å². The first kappa shape index (κ1) is 67.2. The maximum Gasteiger partial charge on any atom is 0.436 e.